The molecule has 13 heavy (non-hydrogen) atoms. The van der Waals surface area contributed by atoms with Gasteiger partial charge in [-0.1, -0.05) is 19.9 Å². The lowest BCUT2D eigenvalue weighted by molar-refractivity contribution is -0.120. The molecule has 3 nitrogen and oxygen atoms in total. The molecule has 0 aromatic carbocycles. The first-order valence-corrected chi connectivity index (χ1v) is 4.32. The normalized spacial score (nSPS) is 12.8. The molecule has 0 saturated carbocycles. The molecule has 0 bridgehead atoms. The Morgan fingerprint density at radius 2 is 2.23 bits per heavy atom. The molecule has 1 amide bonds. The molecular formula is C10H14N2O. The number of nitrogens with two attached hydrogens (primary N) is 1. The Bertz CT molecular complexity index is 282. The van der Waals surface area contributed by atoms with Crippen LogP contribution in [0.15, 0.2) is 24.5 Å². The highest BCUT2D eigenvalue weighted by atomic mass is 16.1. The number of amides is 1. The van der Waals surface area contributed by atoms with Crippen molar-refractivity contribution in [2.45, 2.75) is 19.8 Å². The Labute approximate surface area is 78.0 Å². The highest BCUT2D eigenvalue weighted by Crippen LogP contribution is 2.22. The van der Waals surface area contributed by atoms with E-state index in [0.29, 0.717) is 0 Å². The number of hydrogen-bond donors (Lipinski definition) is 1. The van der Waals surface area contributed by atoms with Crippen molar-refractivity contribution >= 4 is 5.91 Å². The minimum Gasteiger partial charge on any atom is -0.369 e. The first kappa shape index (κ1) is 9.71. The summed E-state index contributed by atoms with van der Waals surface area (Å²) >= 11 is 0. The fraction of sp³-hybridized carbons (Fsp3) is 0.400. The lowest BCUT2D eigenvalue weighted by Gasteiger charge is -2.16. The highest BCUT2D eigenvalue weighted by molar-refractivity contribution is 5.82. The van der Waals surface area contributed by atoms with Gasteiger partial charge in [-0.2, -0.15) is 0 Å². The summed E-state index contributed by atoms with van der Waals surface area (Å²) in [4.78, 5) is 15.1. The topological polar surface area (TPSA) is 56.0 Å². The zero-order valence-electron chi connectivity index (χ0n) is 7.90. The molecule has 0 radical (unpaired) electrons. The monoisotopic (exact) mass is 178 g/mol. The van der Waals surface area contributed by atoms with Gasteiger partial charge < -0.3 is 5.73 Å². The molecule has 1 atom stereocenters. The van der Waals surface area contributed by atoms with Crippen LogP contribution in [0.4, 0.5) is 0 Å². The SMILES string of the molecule is CC(C)C(C(N)=O)c1cccnc1. The number of rotatable bonds is 3. The number of pyridine rings is 1. The van der Waals surface area contributed by atoms with Gasteiger partial charge in [-0.05, 0) is 17.5 Å². The van der Waals surface area contributed by atoms with E-state index in [2.05, 4.69) is 4.98 Å². The largest absolute Gasteiger partial charge is 0.369 e. The number of carbonyl (C=O) groups excluding carboxylic acids is 1. The van der Waals surface area contributed by atoms with Crippen molar-refractivity contribution in [3.05, 3.63) is 30.1 Å². The van der Waals surface area contributed by atoms with Crippen LogP contribution in [0.3, 0.4) is 0 Å². The number of hydrogen-bond acceptors (Lipinski definition) is 2. The van der Waals surface area contributed by atoms with Crippen molar-refractivity contribution in [3.63, 3.8) is 0 Å². The molecule has 70 valence electrons. The third-order valence-electron chi connectivity index (χ3n) is 2.02. The van der Waals surface area contributed by atoms with Crippen LogP contribution in [0.2, 0.25) is 0 Å². The van der Waals surface area contributed by atoms with Gasteiger partial charge in [0.1, 0.15) is 0 Å². The van der Waals surface area contributed by atoms with Gasteiger partial charge in [0.05, 0.1) is 5.92 Å². The summed E-state index contributed by atoms with van der Waals surface area (Å²) in [6, 6.07) is 3.69. The fourth-order valence-corrected chi connectivity index (χ4v) is 1.44. The van der Waals surface area contributed by atoms with Crippen LogP contribution in [0.5, 0.6) is 0 Å². The Hall–Kier alpha value is -1.38. The summed E-state index contributed by atoms with van der Waals surface area (Å²) in [6.07, 6.45) is 3.37. The highest BCUT2D eigenvalue weighted by Gasteiger charge is 2.21. The second-order valence-electron chi connectivity index (χ2n) is 3.41. The van der Waals surface area contributed by atoms with E-state index in [9.17, 15) is 4.79 Å². The van der Waals surface area contributed by atoms with Crippen LogP contribution in [0, 0.1) is 5.92 Å². The maximum absolute atomic E-state index is 11.1. The predicted octanol–water partition coefficient (Wildman–Crippen LogP) is 1.31. The number of nitrogens with zero attached hydrogens (tertiary/aromatic N) is 1. The molecule has 0 saturated heterocycles. The summed E-state index contributed by atoms with van der Waals surface area (Å²) in [5.41, 5.74) is 6.20. The zero-order chi connectivity index (χ0) is 9.84. The lowest BCUT2D eigenvalue weighted by Crippen LogP contribution is -2.25. The van der Waals surface area contributed by atoms with E-state index in [-0.39, 0.29) is 17.7 Å². The van der Waals surface area contributed by atoms with E-state index >= 15 is 0 Å². The van der Waals surface area contributed by atoms with Gasteiger partial charge >= 0.3 is 0 Å². The van der Waals surface area contributed by atoms with Crippen LogP contribution in [0.1, 0.15) is 25.3 Å². The van der Waals surface area contributed by atoms with Gasteiger partial charge in [0.15, 0.2) is 0 Å². The van der Waals surface area contributed by atoms with Gasteiger partial charge in [0.2, 0.25) is 5.91 Å². The average molecular weight is 178 g/mol. The summed E-state index contributed by atoms with van der Waals surface area (Å²) < 4.78 is 0. The predicted molar refractivity (Wildman–Crippen MR) is 51.0 cm³/mol. The van der Waals surface area contributed by atoms with Crippen LogP contribution in [-0.2, 0) is 4.79 Å². The van der Waals surface area contributed by atoms with E-state index in [0.717, 1.165) is 5.56 Å². The van der Waals surface area contributed by atoms with Crippen molar-refractivity contribution in [3.8, 4) is 0 Å². The number of primary amides is 1. The van der Waals surface area contributed by atoms with Crippen molar-refractivity contribution in [1.29, 1.82) is 0 Å². The maximum atomic E-state index is 11.1. The summed E-state index contributed by atoms with van der Waals surface area (Å²) in [5.74, 6) is -0.307. The molecule has 1 heterocycles. The molecule has 1 unspecified atom stereocenters. The fourth-order valence-electron chi connectivity index (χ4n) is 1.44. The smallest absolute Gasteiger partial charge is 0.225 e. The molecule has 0 aliphatic heterocycles. The molecular weight excluding hydrogens is 164 g/mol. The second-order valence-corrected chi connectivity index (χ2v) is 3.41. The van der Waals surface area contributed by atoms with Gasteiger partial charge in [0, 0.05) is 12.4 Å². The molecule has 0 aliphatic carbocycles. The first-order chi connectivity index (χ1) is 6.13. The van der Waals surface area contributed by atoms with Crippen molar-refractivity contribution in [2.24, 2.45) is 11.7 Å². The van der Waals surface area contributed by atoms with E-state index in [4.69, 9.17) is 5.73 Å². The Balaban J connectivity index is 2.96. The molecule has 1 aromatic rings. The zero-order valence-corrected chi connectivity index (χ0v) is 7.90. The average Bonchev–Trinajstić information content (AvgIpc) is 2.04. The Morgan fingerprint density at radius 3 is 2.62 bits per heavy atom. The molecule has 1 rings (SSSR count). The Kier molecular flexibility index (Phi) is 3.01. The molecule has 0 aliphatic rings. The van der Waals surface area contributed by atoms with Crippen LogP contribution in [-0.4, -0.2) is 10.9 Å². The summed E-state index contributed by atoms with van der Waals surface area (Å²) in [5, 5.41) is 0. The quantitative estimate of drug-likeness (QED) is 0.758. The van der Waals surface area contributed by atoms with Gasteiger partial charge in [-0.25, -0.2) is 0 Å². The van der Waals surface area contributed by atoms with E-state index < -0.39 is 0 Å². The van der Waals surface area contributed by atoms with Crippen LogP contribution >= 0.6 is 0 Å². The maximum Gasteiger partial charge on any atom is 0.225 e. The minimum atomic E-state index is -0.289. The van der Waals surface area contributed by atoms with Gasteiger partial charge in [-0.3, -0.25) is 9.78 Å². The van der Waals surface area contributed by atoms with Crippen LogP contribution < -0.4 is 5.73 Å². The van der Waals surface area contributed by atoms with Crippen molar-refractivity contribution < 1.29 is 4.79 Å². The van der Waals surface area contributed by atoms with Gasteiger partial charge in [-0.15, -0.1) is 0 Å². The summed E-state index contributed by atoms with van der Waals surface area (Å²) in [6.45, 7) is 3.95. The molecule has 0 spiro atoms. The first-order valence-electron chi connectivity index (χ1n) is 4.32. The molecule has 1 aromatic heterocycles. The second kappa shape index (κ2) is 4.03. The molecule has 2 N–H and O–H groups in total. The standard InChI is InChI=1S/C10H14N2O/c1-7(2)9(10(11)13)8-4-3-5-12-6-8/h3-7,9H,1-2H3,(H2,11,13). The van der Waals surface area contributed by atoms with E-state index in [1.54, 1.807) is 12.4 Å². The third kappa shape index (κ3) is 2.28. The van der Waals surface area contributed by atoms with E-state index in [1.165, 1.54) is 0 Å². The van der Waals surface area contributed by atoms with Crippen molar-refractivity contribution in [1.82, 2.24) is 4.98 Å². The third-order valence-corrected chi connectivity index (χ3v) is 2.02. The number of aromatic nitrogens is 1. The number of carbonyl (C=O) groups is 1. The van der Waals surface area contributed by atoms with E-state index in [1.807, 2.05) is 26.0 Å². The Morgan fingerprint density at radius 1 is 1.54 bits per heavy atom. The molecule has 0 fully saturated rings. The van der Waals surface area contributed by atoms with Gasteiger partial charge in [0.25, 0.3) is 0 Å². The summed E-state index contributed by atoms with van der Waals surface area (Å²) in [7, 11) is 0. The van der Waals surface area contributed by atoms with Crippen LogP contribution in [0.25, 0.3) is 0 Å². The minimum absolute atomic E-state index is 0.210. The van der Waals surface area contributed by atoms with Crippen molar-refractivity contribution in [2.75, 3.05) is 0 Å². The molecule has 3 heteroatoms. The lowest BCUT2D eigenvalue weighted by atomic mass is 9.89.